The Bertz CT molecular complexity index is 2650. The van der Waals surface area contributed by atoms with Crippen LogP contribution in [0.5, 0.6) is 11.5 Å². The van der Waals surface area contributed by atoms with Crippen LogP contribution in [0.2, 0.25) is 0 Å². The number of sulfone groups is 1. The molecule has 0 radical (unpaired) electrons. The molecule has 0 saturated heterocycles. The van der Waals surface area contributed by atoms with E-state index in [1.54, 1.807) is 0 Å². The van der Waals surface area contributed by atoms with Gasteiger partial charge in [0.05, 0.1) is 21.4 Å². The fourth-order valence-electron chi connectivity index (χ4n) is 9.41. The number of aryl methyl sites for hydroxylation is 1. The summed E-state index contributed by atoms with van der Waals surface area (Å²) in [6.07, 6.45) is 17.7. The molecule has 1 aromatic heterocycles. The number of allylic oxidation sites excluding steroid dienone is 5. The van der Waals surface area contributed by atoms with Gasteiger partial charge in [0.2, 0.25) is 11.4 Å². The minimum absolute atomic E-state index is 0.178. The van der Waals surface area contributed by atoms with Gasteiger partial charge in [-0.05, 0) is 62.5 Å². The van der Waals surface area contributed by atoms with Crippen LogP contribution in [0.3, 0.4) is 0 Å². The molecule has 6 nitrogen and oxygen atoms in total. The first kappa shape index (κ1) is 34.2. The summed E-state index contributed by atoms with van der Waals surface area (Å²) in [6, 6.07) is 17.7. The normalized spacial score (nSPS) is 20.7. The number of fused-ring (bicyclic) bond motifs is 4. The maximum Gasteiger partial charge on any atom is 0.215 e. The first-order valence-electron chi connectivity index (χ1n) is 19.6. The number of ether oxygens (including phenoxy) is 2. The zero-order chi connectivity index (χ0) is 36.6. The maximum atomic E-state index is 13.6. The highest BCUT2D eigenvalue weighted by atomic mass is 32.2. The van der Waals surface area contributed by atoms with Gasteiger partial charge in [-0.3, -0.25) is 0 Å². The first-order valence-corrected chi connectivity index (χ1v) is 21.5. The van der Waals surface area contributed by atoms with Gasteiger partial charge in [-0.15, -0.1) is 0 Å². The Morgan fingerprint density at radius 3 is 2.23 bits per heavy atom. The van der Waals surface area contributed by atoms with Crippen molar-refractivity contribution in [3.05, 3.63) is 105 Å². The molecule has 4 heterocycles. The van der Waals surface area contributed by atoms with Crippen LogP contribution in [0.4, 0.5) is 5.69 Å². The molecular weight excluding hydrogens is 677 g/mol. The number of hydrogen-bond acceptors (Lipinski definition) is 4. The van der Waals surface area contributed by atoms with Crippen molar-refractivity contribution in [2.75, 3.05) is 12.8 Å². The van der Waals surface area contributed by atoms with Crippen molar-refractivity contribution in [3.8, 4) is 11.5 Å². The average molecular weight is 726 g/mol. The second-order valence-electron chi connectivity index (χ2n) is 15.6. The second kappa shape index (κ2) is 13.0. The van der Waals surface area contributed by atoms with Gasteiger partial charge in [0, 0.05) is 82.2 Å². The number of benzene rings is 4. The van der Waals surface area contributed by atoms with E-state index in [1.807, 2.05) is 0 Å². The van der Waals surface area contributed by atoms with E-state index in [9.17, 15) is 8.42 Å². The SMILES string of the molecule is CCCCn1/c(=C/C=C2\CCC(/C=C/C3=[N+](CCCC)c4cc5c(c6cccc3c46)OC(C)C5)=C2S(C)(=O)=O)c2cccc3c4c(cc1c32)CC(C)O4. The molecule has 5 aromatic rings. The molecule has 272 valence electrons. The summed E-state index contributed by atoms with van der Waals surface area (Å²) >= 11 is 0. The number of rotatable bonds is 10. The molecule has 1 aliphatic carbocycles. The summed E-state index contributed by atoms with van der Waals surface area (Å²) < 4.78 is 44.7. The van der Waals surface area contributed by atoms with Gasteiger partial charge in [-0.1, -0.05) is 69.2 Å². The van der Waals surface area contributed by atoms with Gasteiger partial charge in [0.1, 0.15) is 30.3 Å². The molecule has 53 heavy (non-hydrogen) atoms. The van der Waals surface area contributed by atoms with Gasteiger partial charge in [0.25, 0.3) is 0 Å². The third-order valence-corrected chi connectivity index (χ3v) is 12.9. The Kier molecular flexibility index (Phi) is 8.41. The molecule has 0 spiro atoms. The average Bonchev–Trinajstić information content (AvgIpc) is 3.94. The lowest BCUT2D eigenvalue weighted by molar-refractivity contribution is -0.436. The summed E-state index contributed by atoms with van der Waals surface area (Å²) in [7, 11) is -3.50. The molecule has 3 aliphatic heterocycles. The molecule has 0 N–H and O–H groups in total. The van der Waals surface area contributed by atoms with Crippen LogP contribution in [-0.4, -0.2) is 48.3 Å². The van der Waals surface area contributed by atoms with Gasteiger partial charge in [-0.25, -0.2) is 8.42 Å². The second-order valence-corrected chi connectivity index (χ2v) is 17.5. The molecule has 0 bridgehead atoms. The number of nitrogens with zero attached hydrogens (tertiary/aromatic N) is 2. The van der Waals surface area contributed by atoms with Crippen molar-refractivity contribution in [1.29, 1.82) is 0 Å². The van der Waals surface area contributed by atoms with Crippen molar-refractivity contribution >= 4 is 59.8 Å². The molecule has 0 saturated carbocycles. The van der Waals surface area contributed by atoms with Crippen molar-refractivity contribution in [2.45, 2.75) is 97.8 Å². The van der Waals surface area contributed by atoms with Crippen LogP contribution in [0.15, 0.2) is 82.8 Å². The van der Waals surface area contributed by atoms with Gasteiger partial charge < -0.3 is 14.0 Å². The lowest BCUT2D eigenvalue weighted by Crippen LogP contribution is -2.16. The van der Waals surface area contributed by atoms with Crippen LogP contribution in [0, 0.1) is 0 Å². The Labute approximate surface area is 312 Å². The van der Waals surface area contributed by atoms with Crippen LogP contribution >= 0.6 is 0 Å². The van der Waals surface area contributed by atoms with E-state index in [2.05, 4.69) is 110 Å². The van der Waals surface area contributed by atoms with Crippen LogP contribution in [-0.2, 0) is 29.2 Å². The Morgan fingerprint density at radius 1 is 0.830 bits per heavy atom. The van der Waals surface area contributed by atoms with E-state index < -0.39 is 9.84 Å². The summed E-state index contributed by atoms with van der Waals surface area (Å²) in [5, 5.41) is 7.12. The third kappa shape index (κ3) is 5.57. The van der Waals surface area contributed by atoms with Crippen LogP contribution in [0.1, 0.15) is 82.9 Å². The Balaban J connectivity index is 1.16. The fraction of sp³-hybridized carbons (Fsp3) is 0.370. The van der Waals surface area contributed by atoms with Gasteiger partial charge >= 0.3 is 0 Å². The fourth-order valence-corrected chi connectivity index (χ4v) is 10.7. The quantitative estimate of drug-likeness (QED) is 0.135. The monoisotopic (exact) mass is 725 g/mol. The molecule has 4 aliphatic rings. The minimum Gasteiger partial charge on any atom is -0.489 e. The van der Waals surface area contributed by atoms with Crippen LogP contribution in [0.25, 0.3) is 38.5 Å². The summed E-state index contributed by atoms with van der Waals surface area (Å²) in [5.41, 5.74) is 9.09. The molecule has 0 fully saturated rings. The summed E-state index contributed by atoms with van der Waals surface area (Å²) in [5.74, 6) is 2.03. The largest absolute Gasteiger partial charge is 0.489 e. The number of aromatic nitrogens is 1. The highest BCUT2D eigenvalue weighted by Gasteiger charge is 2.36. The van der Waals surface area contributed by atoms with E-state index in [-0.39, 0.29) is 12.2 Å². The number of unbranched alkanes of at least 4 members (excludes halogenated alkanes) is 2. The zero-order valence-corrected chi connectivity index (χ0v) is 32.4. The maximum absolute atomic E-state index is 13.6. The highest BCUT2D eigenvalue weighted by Crippen LogP contribution is 2.46. The van der Waals surface area contributed by atoms with E-state index in [1.165, 1.54) is 61.1 Å². The molecule has 2 unspecified atom stereocenters. The molecule has 9 rings (SSSR count). The van der Waals surface area contributed by atoms with E-state index in [0.717, 1.165) is 85.3 Å². The van der Waals surface area contributed by atoms with Crippen molar-refractivity contribution in [1.82, 2.24) is 4.57 Å². The lowest BCUT2D eigenvalue weighted by atomic mass is 9.98. The molecule has 4 aromatic carbocycles. The van der Waals surface area contributed by atoms with Crippen LogP contribution < -0.4 is 14.8 Å². The van der Waals surface area contributed by atoms with Crippen molar-refractivity contribution in [2.24, 2.45) is 0 Å². The molecular formula is C46H49N2O4S+. The van der Waals surface area contributed by atoms with Gasteiger partial charge in [-0.2, -0.15) is 4.58 Å². The van der Waals surface area contributed by atoms with E-state index in [4.69, 9.17) is 9.47 Å². The third-order valence-electron chi connectivity index (χ3n) is 11.7. The molecule has 0 amide bonds. The lowest BCUT2D eigenvalue weighted by Gasteiger charge is -2.09. The standard InChI is InChI=1S/C46H49N2O4S/c1-6-8-22-47-38(34-12-10-14-36-42(34)40(47)26-32-24-28(3)51-44(32)36)20-18-30-16-17-31(46(30)53(5,49)50)19-21-39-35-13-11-15-37-43(35)41(48(39)23-9-7-2)27-33-25-29(4)52-45(33)37/h10-15,18-21,26-29H,6-9,16-17,22-25H2,1-5H3/q+1. The minimum atomic E-state index is -3.50. The summed E-state index contributed by atoms with van der Waals surface area (Å²) in [6.45, 7) is 10.5. The van der Waals surface area contributed by atoms with Crippen molar-refractivity contribution < 1.29 is 22.5 Å². The predicted octanol–water partition coefficient (Wildman–Crippen LogP) is 9.42. The van der Waals surface area contributed by atoms with Gasteiger partial charge in [0.15, 0.2) is 9.84 Å². The van der Waals surface area contributed by atoms with E-state index in [0.29, 0.717) is 17.7 Å². The van der Waals surface area contributed by atoms with Crippen molar-refractivity contribution in [3.63, 3.8) is 0 Å². The predicted molar refractivity (Wildman–Crippen MR) is 218 cm³/mol. The first-order chi connectivity index (χ1) is 25.7. The molecule has 7 heteroatoms. The Morgan fingerprint density at radius 2 is 1.51 bits per heavy atom. The molecule has 2 atom stereocenters. The smallest absolute Gasteiger partial charge is 0.215 e. The number of hydrogen-bond donors (Lipinski definition) is 0. The van der Waals surface area contributed by atoms with E-state index >= 15 is 0 Å². The Hall–Kier alpha value is -4.62. The topological polar surface area (TPSA) is 60.5 Å². The summed E-state index contributed by atoms with van der Waals surface area (Å²) in [4.78, 5) is 0.469. The highest BCUT2D eigenvalue weighted by molar-refractivity contribution is 7.94. The zero-order valence-electron chi connectivity index (χ0n) is 31.6.